The van der Waals surface area contributed by atoms with E-state index >= 15 is 0 Å². The van der Waals surface area contributed by atoms with Crippen molar-refractivity contribution >= 4 is 87.5 Å². The number of halogens is 4. The molecule has 6 rings (SSSR count). The summed E-state index contributed by atoms with van der Waals surface area (Å²) in [6.07, 6.45) is 1.53. The third kappa shape index (κ3) is 5.39. The molecule has 2 aromatic heterocycles. The van der Waals surface area contributed by atoms with Gasteiger partial charge >= 0.3 is 0 Å². The molecule has 0 bridgehead atoms. The van der Waals surface area contributed by atoms with Crippen molar-refractivity contribution in [2.24, 2.45) is 5.10 Å². The van der Waals surface area contributed by atoms with Gasteiger partial charge in [0.15, 0.2) is 5.76 Å². The Balaban J connectivity index is 1.45. The van der Waals surface area contributed by atoms with Gasteiger partial charge in [-0.1, -0.05) is 79.9 Å². The van der Waals surface area contributed by atoms with Crippen LogP contribution in [-0.2, 0) is 6.61 Å². The van der Waals surface area contributed by atoms with Crippen LogP contribution >= 0.6 is 59.4 Å². The molecular formula is C30H17Br3ClN3O3. The van der Waals surface area contributed by atoms with E-state index in [1.165, 1.54) is 10.9 Å². The third-order valence-electron chi connectivity index (χ3n) is 6.14. The Labute approximate surface area is 258 Å². The highest BCUT2D eigenvalue weighted by atomic mass is 79.9. The molecule has 10 heteroatoms. The quantitative estimate of drug-likeness (QED) is 0.160. The average molecular weight is 743 g/mol. The molecule has 0 saturated heterocycles. The van der Waals surface area contributed by atoms with E-state index in [9.17, 15) is 4.79 Å². The average Bonchev–Trinajstić information content (AvgIpc) is 3.37. The van der Waals surface area contributed by atoms with E-state index < -0.39 is 0 Å². The summed E-state index contributed by atoms with van der Waals surface area (Å²) in [4.78, 5) is 18.4. The topological polar surface area (TPSA) is 69.6 Å². The number of hydrogen-bond acceptors (Lipinski definition) is 5. The van der Waals surface area contributed by atoms with Gasteiger partial charge in [0.1, 0.15) is 17.9 Å². The molecular weight excluding hydrogens is 726 g/mol. The summed E-state index contributed by atoms with van der Waals surface area (Å²) in [7, 11) is 0. The van der Waals surface area contributed by atoms with Crippen LogP contribution in [-0.4, -0.2) is 15.9 Å². The zero-order valence-corrected chi connectivity index (χ0v) is 26.0. The van der Waals surface area contributed by atoms with Crippen LogP contribution in [0.5, 0.6) is 5.75 Å². The minimum Gasteiger partial charge on any atom is -0.487 e. The van der Waals surface area contributed by atoms with Gasteiger partial charge in [-0.15, -0.1) is 0 Å². The number of ether oxygens (including phenoxy) is 1. The number of benzene rings is 4. The molecule has 0 N–H and O–H groups in total. The van der Waals surface area contributed by atoms with Gasteiger partial charge in [-0.3, -0.25) is 4.79 Å². The molecule has 0 aliphatic carbocycles. The van der Waals surface area contributed by atoms with Crippen LogP contribution in [0.15, 0.2) is 113 Å². The molecule has 0 fully saturated rings. The molecule has 4 aromatic carbocycles. The molecule has 0 saturated carbocycles. The van der Waals surface area contributed by atoms with Crippen LogP contribution < -0.4 is 10.3 Å². The molecule has 198 valence electrons. The molecule has 6 aromatic rings. The molecule has 0 atom stereocenters. The fourth-order valence-corrected chi connectivity index (χ4v) is 6.33. The molecule has 0 aliphatic heterocycles. The molecule has 0 aliphatic rings. The standard InChI is InChI=1S/C30H17Br3ClN3O3/c31-20-10-9-18(23(32)13-20)16-39-28-19(11-21(34)14-24(28)33)15-35-37-29(27-12-17-5-1-4-8-26(17)40-27)36-25-7-3-2-6-22(25)30(37)38/h1-15H,16H2. The number of furan rings is 1. The highest BCUT2D eigenvalue weighted by Crippen LogP contribution is 2.34. The number of hydrogen-bond donors (Lipinski definition) is 0. The van der Waals surface area contributed by atoms with Gasteiger partial charge in [-0.05, 0) is 64.5 Å². The maximum absolute atomic E-state index is 13.6. The first-order chi connectivity index (χ1) is 19.4. The monoisotopic (exact) mass is 739 g/mol. The number of aromatic nitrogens is 2. The Kier molecular flexibility index (Phi) is 7.63. The van der Waals surface area contributed by atoms with Crippen LogP contribution in [0.3, 0.4) is 0 Å². The zero-order valence-electron chi connectivity index (χ0n) is 20.4. The van der Waals surface area contributed by atoms with Gasteiger partial charge in [0.05, 0.1) is 21.6 Å². The van der Waals surface area contributed by atoms with Gasteiger partial charge < -0.3 is 9.15 Å². The Morgan fingerprint density at radius 2 is 1.75 bits per heavy atom. The summed E-state index contributed by atoms with van der Waals surface area (Å²) in [5.41, 5.74) is 2.42. The Morgan fingerprint density at radius 1 is 0.950 bits per heavy atom. The van der Waals surface area contributed by atoms with Crippen LogP contribution in [0, 0.1) is 0 Å². The molecule has 2 heterocycles. The minimum atomic E-state index is -0.334. The first-order valence-corrected chi connectivity index (χ1v) is 14.7. The summed E-state index contributed by atoms with van der Waals surface area (Å²) >= 11 is 17.0. The molecule has 0 unspecified atom stereocenters. The molecule has 0 amide bonds. The zero-order chi connectivity index (χ0) is 27.8. The van der Waals surface area contributed by atoms with Gasteiger partial charge in [-0.25, -0.2) is 4.98 Å². The van der Waals surface area contributed by atoms with Crippen LogP contribution in [0.25, 0.3) is 33.5 Å². The van der Waals surface area contributed by atoms with E-state index in [0.29, 0.717) is 43.1 Å². The van der Waals surface area contributed by atoms with Crippen molar-refractivity contribution in [2.45, 2.75) is 6.61 Å². The second kappa shape index (κ2) is 11.3. The number of para-hydroxylation sites is 2. The van der Waals surface area contributed by atoms with E-state index in [1.54, 1.807) is 30.3 Å². The summed E-state index contributed by atoms with van der Waals surface area (Å²) < 4.78 is 16.0. The highest BCUT2D eigenvalue weighted by molar-refractivity contribution is 9.11. The van der Waals surface area contributed by atoms with Crippen LogP contribution in [0.1, 0.15) is 11.1 Å². The maximum Gasteiger partial charge on any atom is 0.282 e. The number of fused-ring (bicyclic) bond motifs is 2. The van der Waals surface area contributed by atoms with E-state index in [2.05, 4.69) is 52.9 Å². The van der Waals surface area contributed by atoms with Gasteiger partial charge in [0.2, 0.25) is 5.82 Å². The first-order valence-electron chi connectivity index (χ1n) is 12.0. The van der Waals surface area contributed by atoms with Crippen LogP contribution in [0.2, 0.25) is 5.02 Å². The predicted octanol–water partition coefficient (Wildman–Crippen LogP) is 9.21. The largest absolute Gasteiger partial charge is 0.487 e. The fraction of sp³-hybridized carbons (Fsp3) is 0.0333. The van der Waals surface area contributed by atoms with Crippen molar-refractivity contribution in [3.63, 3.8) is 0 Å². The molecule has 0 spiro atoms. The second-order valence-corrected chi connectivity index (χ2v) is 11.9. The van der Waals surface area contributed by atoms with Crippen molar-refractivity contribution < 1.29 is 9.15 Å². The first kappa shape index (κ1) is 27.0. The number of rotatable bonds is 6. The van der Waals surface area contributed by atoms with Gasteiger partial charge in [0, 0.05) is 30.5 Å². The molecule has 6 nitrogen and oxygen atoms in total. The van der Waals surface area contributed by atoms with E-state index in [4.69, 9.17) is 25.7 Å². The lowest BCUT2D eigenvalue weighted by Crippen LogP contribution is -2.20. The van der Waals surface area contributed by atoms with Crippen LogP contribution in [0.4, 0.5) is 0 Å². The van der Waals surface area contributed by atoms with E-state index in [0.717, 1.165) is 19.9 Å². The second-order valence-electron chi connectivity index (χ2n) is 8.79. The Morgan fingerprint density at radius 3 is 2.58 bits per heavy atom. The van der Waals surface area contributed by atoms with E-state index in [1.807, 2.05) is 54.6 Å². The van der Waals surface area contributed by atoms with Crippen molar-refractivity contribution in [2.75, 3.05) is 0 Å². The Bertz CT molecular complexity index is 1970. The third-order valence-corrected chi connectivity index (χ3v) is 8.17. The van der Waals surface area contributed by atoms with Crippen molar-refractivity contribution in [3.8, 4) is 17.3 Å². The lowest BCUT2D eigenvalue weighted by molar-refractivity contribution is 0.303. The predicted molar refractivity (Wildman–Crippen MR) is 170 cm³/mol. The number of nitrogens with zero attached hydrogens (tertiary/aromatic N) is 3. The summed E-state index contributed by atoms with van der Waals surface area (Å²) in [5.74, 6) is 1.22. The lowest BCUT2D eigenvalue weighted by Gasteiger charge is -2.13. The summed E-state index contributed by atoms with van der Waals surface area (Å²) in [6.45, 7) is 0.288. The van der Waals surface area contributed by atoms with Crippen molar-refractivity contribution in [1.82, 2.24) is 9.66 Å². The minimum absolute atomic E-state index is 0.276. The molecule has 40 heavy (non-hydrogen) atoms. The summed E-state index contributed by atoms with van der Waals surface area (Å²) in [5, 5.41) is 6.39. The van der Waals surface area contributed by atoms with Gasteiger partial charge in [-0.2, -0.15) is 9.78 Å². The lowest BCUT2D eigenvalue weighted by atomic mass is 10.2. The summed E-state index contributed by atoms with van der Waals surface area (Å²) in [6, 6.07) is 25.9. The van der Waals surface area contributed by atoms with Crippen molar-refractivity contribution in [3.05, 3.63) is 125 Å². The van der Waals surface area contributed by atoms with E-state index in [-0.39, 0.29) is 18.0 Å². The van der Waals surface area contributed by atoms with Crippen molar-refractivity contribution in [1.29, 1.82) is 0 Å². The SMILES string of the molecule is O=c1c2ccccc2nc(-c2cc3ccccc3o2)n1N=Cc1cc(Cl)cc(Br)c1OCc1ccc(Br)cc1Br. The molecule has 0 radical (unpaired) electrons. The highest BCUT2D eigenvalue weighted by Gasteiger charge is 2.17. The normalized spacial score (nSPS) is 11.6. The maximum atomic E-state index is 13.6. The smallest absolute Gasteiger partial charge is 0.282 e. The fourth-order valence-electron chi connectivity index (χ4n) is 4.22. The Hall–Kier alpha value is -3.24. The van der Waals surface area contributed by atoms with Gasteiger partial charge in [0.25, 0.3) is 5.56 Å².